The van der Waals surface area contributed by atoms with Gasteiger partial charge in [-0.05, 0) is 43.2 Å². The van der Waals surface area contributed by atoms with Gasteiger partial charge in [0.05, 0.1) is 6.42 Å². The van der Waals surface area contributed by atoms with E-state index >= 15 is 0 Å². The average Bonchev–Trinajstić information content (AvgIpc) is 3.06. The second-order valence-corrected chi connectivity index (χ2v) is 7.47. The number of thioether (sulfide) groups is 1. The topological polar surface area (TPSA) is 49.9 Å². The van der Waals surface area contributed by atoms with Crippen LogP contribution in [-0.4, -0.2) is 66.8 Å². The van der Waals surface area contributed by atoms with E-state index in [4.69, 9.17) is 4.74 Å². The predicted molar refractivity (Wildman–Crippen MR) is 98.7 cm³/mol. The van der Waals surface area contributed by atoms with E-state index in [0.29, 0.717) is 32.7 Å². The molecule has 0 aromatic heterocycles. The number of benzene rings is 1. The fourth-order valence-electron chi connectivity index (χ4n) is 3.39. The monoisotopic (exact) mass is 362 g/mol. The number of carbonyl (C=O) groups excluding carboxylic acids is 2. The Hall–Kier alpha value is -1.53. The molecule has 0 radical (unpaired) electrons. The van der Waals surface area contributed by atoms with Crippen LogP contribution in [0, 0.1) is 0 Å². The second-order valence-electron chi connectivity index (χ2n) is 6.59. The third-order valence-electron chi connectivity index (χ3n) is 4.88. The first-order chi connectivity index (χ1) is 12.2. The molecule has 5 nitrogen and oxygen atoms in total. The molecule has 2 amide bonds. The van der Waals surface area contributed by atoms with Crippen molar-refractivity contribution in [1.29, 1.82) is 0 Å². The third kappa shape index (κ3) is 4.76. The number of rotatable bonds is 4. The quantitative estimate of drug-likeness (QED) is 0.771. The summed E-state index contributed by atoms with van der Waals surface area (Å²) < 4.78 is 5.51. The maximum Gasteiger partial charge on any atom is 0.251 e. The van der Waals surface area contributed by atoms with Gasteiger partial charge in [0, 0.05) is 37.7 Å². The Balaban J connectivity index is 1.52. The smallest absolute Gasteiger partial charge is 0.251 e. The van der Waals surface area contributed by atoms with Gasteiger partial charge in [-0.3, -0.25) is 9.59 Å². The lowest BCUT2D eigenvalue weighted by molar-refractivity contribution is -0.141. The highest BCUT2D eigenvalue weighted by molar-refractivity contribution is 7.98. The lowest BCUT2D eigenvalue weighted by Gasteiger charge is -2.24. The Morgan fingerprint density at radius 2 is 1.80 bits per heavy atom. The van der Waals surface area contributed by atoms with Gasteiger partial charge in [0.25, 0.3) is 5.91 Å². The second kappa shape index (κ2) is 8.72. The molecule has 1 aromatic carbocycles. The van der Waals surface area contributed by atoms with Crippen LogP contribution in [0.3, 0.4) is 0 Å². The van der Waals surface area contributed by atoms with Crippen LogP contribution in [-0.2, 0) is 20.7 Å². The maximum absolute atomic E-state index is 12.6. The summed E-state index contributed by atoms with van der Waals surface area (Å²) in [7, 11) is 0. The van der Waals surface area contributed by atoms with Crippen LogP contribution < -0.4 is 0 Å². The van der Waals surface area contributed by atoms with Gasteiger partial charge in [-0.1, -0.05) is 12.1 Å². The molecule has 2 saturated heterocycles. The molecule has 0 aliphatic carbocycles. The minimum Gasteiger partial charge on any atom is -0.368 e. The Kier molecular flexibility index (Phi) is 6.37. The van der Waals surface area contributed by atoms with Crippen molar-refractivity contribution in [3.63, 3.8) is 0 Å². The summed E-state index contributed by atoms with van der Waals surface area (Å²) in [5, 5.41) is 0. The predicted octanol–water partition coefficient (Wildman–Crippen LogP) is 2.19. The minimum absolute atomic E-state index is 0.0967. The third-order valence-corrected chi connectivity index (χ3v) is 5.62. The maximum atomic E-state index is 12.6. The fraction of sp³-hybridized carbons (Fsp3) is 0.579. The van der Waals surface area contributed by atoms with Crippen molar-refractivity contribution in [3.05, 3.63) is 29.8 Å². The largest absolute Gasteiger partial charge is 0.368 e. The number of ether oxygens (including phenoxy) is 1. The number of amides is 2. The zero-order valence-corrected chi connectivity index (χ0v) is 15.6. The summed E-state index contributed by atoms with van der Waals surface area (Å²) in [5.74, 6) is 0.239. The highest BCUT2D eigenvalue weighted by Gasteiger charge is 2.30. The summed E-state index contributed by atoms with van der Waals surface area (Å²) in [6.45, 7) is 3.34. The first kappa shape index (κ1) is 18.3. The molecule has 2 aliphatic heterocycles. The molecule has 2 fully saturated rings. The molecule has 0 spiro atoms. The normalized spacial score (nSPS) is 21.2. The van der Waals surface area contributed by atoms with Crippen LogP contribution in [0.4, 0.5) is 0 Å². The average molecular weight is 362 g/mol. The van der Waals surface area contributed by atoms with Crippen LogP contribution in [0.1, 0.15) is 24.8 Å². The number of carbonyl (C=O) groups is 2. The number of hydrogen-bond donors (Lipinski definition) is 0. The van der Waals surface area contributed by atoms with Crippen LogP contribution in [0.5, 0.6) is 0 Å². The van der Waals surface area contributed by atoms with E-state index in [0.717, 1.165) is 31.4 Å². The van der Waals surface area contributed by atoms with Crippen molar-refractivity contribution in [2.75, 3.05) is 39.0 Å². The van der Waals surface area contributed by atoms with E-state index in [1.807, 2.05) is 28.2 Å². The SMILES string of the molecule is CSc1ccc(CC(=O)N2CCCN(C(=O)C3CCCO3)CC2)cc1. The summed E-state index contributed by atoms with van der Waals surface area (Å²) in [4.78, 5) is 30.0. The van der Waals surface area contributed by atoms with Gasteiger partial charge in [-0.15, -0.1) is 11.8 Å². The van der Waals surface area contributed by atoms with Gasteiger partial charge in [-0.25, -0.2) is 0 Å². The zero-order chi connectivity index (χ0) is 17.6. The Bertz CT molecular complexity index is 599. The number of hydrogen-bond acceptors (Lipinski definition) is 4. The van der Waals surface area contributed by atoms with E-state index < -0.39 is 0 Å². The van der Waals surface area contributed by atoms with Crippen molar-refractivity contribution < 1.29 is 14.3 Å². The van der Waals surface area contributed by atoms with Crippen LogP contribution in [0.25, 0.3) is 0 Å². The first-order valence-electron chi connectivity index (χ1n) is 8.98. The summed E-state index contributed by atoms with van der Waals surface area (Å²) >= 11 is 1.70. The van der Waals surface area contributed by atoms with Gasteiger partial charge < -0.3 is 14.5 Å². The van der Waals surface area contributed by atoms with E-state index in [9.17, 15) is 9.59 Å². The molecule has 136 valence electrons. The van der Waals surface area contributed by atoms with Gasteiger partial charge in [-0.2, -0.15) is 0 Å². The summed E-state index contributed by atoms with van der Waals surface area (Å²) in [5.41, 5.74) is 1.04. The standard InChI is InChI=1S/C19H26N2O3S/c1-25-16-7-5-15(6-8-16)14-18(22)20-9-3-10-21(12-11-20)19(23)17-4-2-13-24-17/h5-8,17H,2-4,9-14H2,1H3. The van der Waals surface area contributed by atoms with E-state index in [2.05, 4.69) is 12.1 Å². The zero-order valence-electron chi connectivity index (χ0n) is 14.8. The van der Waals surface area contributed by atoms with Crippen molar-refractivity contribution in [3.8, 4) is 0 Å². The lowest BCUT2D eigenvalue weighted by Crippen LogP contribution is -2.42. The van der Waals surface area contributed by atoms with Crippen molar-refractivity contribution in [2.24, 2.45) is 0 Å². The van der Waals surface area contributed by atoms with Gasteiger partial charge in [0.15, 0.2) is 0 Å². The van der Waals surface area contributed by atoms with E-state index in [-0.39, 0.29) is 17.9 Å². The molecule has 0 N–H and O–H groups in total. The molecular formula is C19H26N2O3S. The minimum atomic E-state index is -0.266. The molecular weight excluding hydrogens is 336 g/mol. The molecule has 2 aliphatic rings. The molecule has 6 heteroatoms. The molecule has 1 aromatic rings. The Labute approximate surface area is 153 Å². The van der Waals surface area contributed by atoms with E-state index in [1.165, 1.54) is 4.90 Å². The summed E-state index contributed by atoms with van der Waals surface area (Å²) in [6, 6.07) is 8.15. The first-order valence-corrected chi connectivity index (χ1v) is 10.2. The van der Waals surface area contributed by atoms with E-state index in [1.54, 1.807) is 11.8 Å². The molecule has 25 heavy (non-hydrogen) atoms. The van der Waals surface area contributed by atoms with Crippen molar-refractivity contribution in [2.45, 2.75) is 36.7 Å². The summed E-state index contributed by atoms with van der Waals surface area (Å²) in [6.07, 6.45) is 4.82. The molecule has 1 unspecified atom stereocenters. The Morgan fingerprint density at radius 3 is 2.48 bits per heavy atom. The van der Waals surface area contributed by atoms with Gasteiger partial charge in [0.1, 0.15) is 6.10 Å². The van der Waals surface area contributed by atoms with Gasteiger partial charge >= 0.3 is 0 Å². The van der Waals surface area contributed by atoms with Crippen LogP contribution in [0.2, 0.25) is 0 Å². The molecule has 3 rings (SSSR count). The van der Waals surface area contributed by atoms with Crippen molar-refractivity contribution in [1.82, 2.24) is 9.80 Å². The fourth-order valence-corrected chi connectivity index (χ4v) is 3.80. The molecule has 2 heterocycles. The van der Waals surface area contributed by atoms with Crippen LogP contribution >= 0.6 is 11.8 Å². The lowest BCUT2D eigenvalue weighted by atomic mass is 10.1. The molecule has 0 bridgehead atoms. The molecule has 0 saturated carbocycles. The highest BCUT2D eigenvalue weighted by atomic mass is 32.2. The highest BCUT2D eigenvalue weighted by Crippen LogP contribution is 2.17. The Morgan fingerprint density at radius 1 is 1.08 bits per heavy atom. The molecule has 1 atom stereocenters. The van der Waals surface area contributed by atoms with Gasteiger partial charge in [0.2, 0.25) is 5.91 Å². The number of nitrogens with zero attached hydrogens (tertiary/aromatic N) is 2. The van der Waals surface area contributed by atoms with Crippen molar-refractivity contribution >= 4 is 23.6 Å². The van der Waals surface area contributed by atoms with Crippen LogP contribution in [0.15, 0.2) is 29.2 Å².